The van der Waals surface area contributed by atoms with E-state index in [0.29, 0.717) is 0 Å². The molecule has 1 saturated carbocycles. The number of hydrogen-bond donors (Lipinski definition) is 0. The molecule has 0 aliphatic heterocycles. The second kappa shape index (κ2) is 6.06. The molecule has 0 nitrogen and oxygen atoms in total. The topological polar surface area (TPSA) is 0 Å². The first kappa shape index (κ1) is 11.6. The molecule has 0 amide bonds. The van der Waals surface area contributed by atoms with Crippen LogP contribution in [-0.4, -0.2) is 4.83 Å². The highest BCUT2D eigenvalue weighted by Gasteiger charge is 2.16. The van der Waals surface area contributed by atoms with Crippen LogP contribution in [0.5, 0.6) is 0 Å². The molecule has 1 rings (SSSR count). The molecule has 0 saturated heterocycles. The van der Waals surface area contributed by atoms with Gasteiger partial charge in [0.25, 0.3) is 0 Å². The molecular weight excluding hydrogens is 224 g/mol. The summed E-state index contributed by atoms with van der Waals surface area (Å²) in [6.07, 6.45) is 10.3. The van der Waals surface area contributed by atoms with Gasteiger partial charge in [-0.25, -0.2) is 0 Å². The fourth-order valence-corrected chi connectivity index (χ4v) is 2.47. The summed E-state index contributed by atoms with van der Waals surface area (Å²) in [6, 6.07) is 0. The van der Waals surface area contributed by atoms with Gasteiger partial charge in [-0.15, -0.1) is 0 Å². The van der Waals surface area contributed by atoms with Crippen molar-refractivity contribution in [1.82, 2.24) is 0 Å². The second-order valence-corrected chi connectivity index (χ2v) is 6.02. The lowest BCUT2D eigenvalue weighted by Crippen LogP contribution is -2.12. The Morgan fingerprint density at radius 1 is 1.15 bits per heavy atom. The molecule has 1 heteroatoms. The lowest BCUT2D eigenvalue weighted by Gasteiger charge is -2.23. The lowest BCUT2D eigenvalue weighted by molar-refractivity contribution is 0.326. The first-order chi connectivity index (χ1) is 6.20. The molecule has 0 heterocycles. The van der Waals surface area contributed by atoms with Crippen LogP contribution in [-0.2, 0) is 0 Å². The highest BCUT2D eigenvalue weighted by molar-refractivity contribution is 9.09. The SMILES string of the molecule is CC(C)C(Br)CCC1CCCCC1. The molecule has 0 aromatic heterocycles. The van der Waals surface area contributed by atoms with E-state index in [-0.39, 0.29) is 0 Å². The van der Waals surface area contributed by atoms with Crippen LogP contribution in [0.25, 0.3) is 0 Å². The van der Waals surface area contributed by atoms with Gasteiger partial charge in [0, 0.05) is 4.83 Å². The van der Waals surface area contributed by atoms with Crippen molar-refractivity contribution < 1.29 is 0 Å². The largest absolute Gasteiger partial charge is 0.0888 e. The molecule has 0 aromatic carbocycles. The minimum atomic E-state index is 0.745. The first-order valence-electron chi connectivity index (χ1n) is 5.84. The van der Waals surface area contributed by atoms with Crippen molar-refractivity contribution >= 4 is 15.9 Å². The molecule has 0 N–H and O–H groups in total. The molecule has 0 radical (unpaired) electrons. The summed E-state index contributed by atoms with van der Waals surface area (Å²) in [5.41, 5.74) is 0. The van der Waals surface area contributed by atoms with Crippen molar-refractivity contribution in [2.45, 2.75) is 63.6 Å². The third kappa shape index (κ3) is 4.49. The van der Waals surface area contributed by atoms with Crippen molar-refractivity contribution in [3.8, 4) is 0 Å². The van der Waals surface area contributed by atoms with Crippen molar-refractivity contribution in [2.24, 2.45) is 11.8 Å². The molecule has 1 aliphatic carbocycles. The molecule has 1 aliphatic rings. The van der Waals surface area contributed by atoms with Crippen molar-refractivity contribution in [3.05, 3.63) is 0 Å². The maximum atomic E-state index is 3.77. The molecule has 13 heavy (non-hydrogen) atoms. The Morgan fingerprint density at radius 2 is 1.77 bits per heavy atom. The van der Waals surface area contributed by atoms with Gasteiger partial charge >= 0.3 is 0 Å². The van der Waals surface area contributed by atoms with Gasteiger partial charge in [0.2, 0.25) is 0 Å². The van der Waals surface area contributed by atoms with E-state index < -0.39 is 0 Å². The molecule has 0 bridgehead atoms. The van der Waals surface area contributed by atoms with E-state index in [9.17, 15) is 0 Å². The zero-order valence-electron chi connectivity index (χ0n) is 9.06. The fourth-order valence-electron chi connectivity index (χ4n) is 2.20. The van der Waals surface area contributed by atoms with Crippen LogP contribution in [0, 0.1) is 11.8 Å². The van der Waals surface area contributed by atoms with Gasteiger partial charge in [-0.2, -0.15) is 0 Å². The lowest BCUT2D eigenvalue weighted by atomic mass is 9.85. The summed E-state index contributed by atoms with van der Waals surface area (Å²) in [4.78, 5) is 0.745. The van der Waals surface area contributed by atoms with E-state index in [2.05, 4.69) is 29.8 Å². The zero-order valence-corrected chi connectivity index (χ0v) is 10.6. The maximum Gasteiger partial charge on any atom is 0.0168 e. The van der Waals surface area contributed by atoms with Crippen LogP contribution in [0.1, 0.15) is 58.8 Å². The van der Waals surface area contributed by atoms with Crippen LogP contribution >= 0.6 is 15.9 Å². The Labute approximate surface area is 91.6 Å². The first-order valence-corrected chi connectivity index (χ1v) is 6.75. The average Bonchev–Trinajstić information content (AvgIpc) is 2.15. The normalized spacial score (nSPS) is 22.2. The minimum Gasteiger partial charge on any atom is -0.0888 e. The highest BCUT2D eigenvalue weighted by Crippen LogP contribution is 2.29. The molecule has 1 unspecified atom stereocenters. The second-order valence-electron chi connectivity index (χ2n) is 4.84. The van der Waals surface area contributed by atoms with Crippen molar-refractivity contribution in [3.63, 3.8) is 0 Å². The quantitative estimate of drug-likeness (QED) is 0.628. The molecule has 1 fully saturated rings. The van der Waals surface area contributed by atoms with Gasteiger partial charge < -0.3 is 0 Å². The smallest absolute Gasteiger partial charge is 0.0168 e. The van der Waals surface area contributed by atoms with E-state index in [1.54, 1.807) is 0 Å². The highest BCUT2D eigenvalue weighted by atomic mass is 79.9. The van der Waals surface area contributed by atoms with E-state index in [1.165, 1.54) is 44.9 Å². The minimum absolute atomic E-state index is 0.745. The van der Waals surface area contributed by atoms with Gasteiger partial charge in [-0.1, -0.05) is 61.9 Å². The third-order valence-corrected chi connectivity index (χ3v) is 4.81. The monoisotopic (exact) mass is 246 g/mol. The number of halogens is 1. The Kier molecular flexibility index (Phi) is 5.38. The van der Waals surface area contributed by atoms with Gasteiger partial charge in [0.05, 0.1) is 0 Å². The van der Waals surface area contributed by atoms with Gasteiger partial charge in [0.1, 0.15) is 0 Å². The summed E-state index contributed by atoms with van der Waals surface area (Å²) in [5.74, 6) is 1.84. The standard InChI is InChI=1S/C12H23Br/c1-10(2)12(13)9-8-11-6-4-3-5-7-11/h10-12H,3-9H2,1-2H3. The summed E-state index contributed by atoms with van der Waals surface area (Å²) in [5, 5.41) is 0. The van der Waals surface area contributed by atoms with Crippen molar-refractivity contribution in [1.29, 1.82) is 0 Å². The van der Waals surface area contributed by atoms with E-state index in [0.717, 1.165) is 16.7 Å². The van der Waals surface area contributed by atoms with E-state index in [1.807, 2.05) is 0 Å². The van der Waals surface area contributed by atoms with Gasteiger partial charge in [-0.3, -0.25) is 0 Å². The Morgan fingerprint density at radius 3 is 2.31 bits per heavy atom. The van der Waals surface area contributed by atoms with E-state index >= 15 is 0 Å². The maximum absolute atomic E-state index is 3.77. The predicted molar refractivity (Wildman–Crippen MR) is 63.4 cm³/mol. The molecule has 78 valence electrons. The number of hydrogen-bond acceptors (Lipinski definition) is 0. The van der Waals surface area contributed by atoms with Crippen LogP contribution in [0.15, 0.2) is 0 Å². The number of alkyl halides is 1. The Hall–Kier alpha value is 0.480. The van der Waals surface area contributed by atoms with E-state index in [4.69, 9.17) is 0 Å². The Balaban J connectivity index is 2.10. The molecular formula is C12H23Br. The zero-order chi connectivity index (χ0) is 9.68. The van der Waals surface area contributed by atoms with Crippen LogP contribution in [0.3, 0.4) is 0 Å². The summed E-state index contributed by atoms with van der Waals surface area (Å²) in [6.45, 7) is 4.61. The average molecular weight is 247 g/mol. The third-order valence-electron chi connectivity index (χ3n) is 3.30. The van der Waals surface area contributed by atoms with Crippen LogP contribution in [0.4, 0.5) is 0 Å². The molecule has 1 atom stereocenters. The predicted octanol–water partition coefficient (Wildman–Crippen LogP) is 4.77. The summed E-state index contributed by atoms with van der Waals surface area (Å²) in [7, 11) is 0. The molecule has 0 spiro atoms. The van der Waals surface area contributed by atoms with Crippen LogP contribution in [0.2, 0.25) is 0 Å². The summed E-state index contributed by atoms with van der Waals surface area (Å²) >= 11 is 3.77. The van der Waals surface area contributed by atoms with Gasteiger partial charge in [0.15, 0.2) is 0 Å². The van der Waals surface area contributed by atoms with Crippen LogP contribution < -0.4 is 0 Å². The van der Waals surface area contributed by atoms with Crippen molar-refractivity contribution in [2.75, 3.05) is 0 Å². The van der Waals surface area contributed by atoms with Gasteiger partial charge in [-0.05, 0) is 24.7 Å². The fraction of sp³-hybridized carbons (Fsp3) is 1.00. The Bertz CT molecular complexity index is 125. The summed E-state index contributed by atoms with van der Waals surface area (Å²) < 4.78 is 0. The molecule has 0 aromatic rings. The number of rotatable bonds is 4.